The van der Waals surface area contributed by atoms with Gasteiger partial charge in [0.1, 0.15) is 0 Å². The zero-order valence-corrected chi connectivity index (χ0v) is 15.6. The van der Waals surface area contributed by atoms with Crippen LogP contribution in [0, 0.1) is 5.92 Å². The molecular formula is C16H24ClN3O3S. The fraction of sp³-hybridized carbons (Fsp3) is 0.562. The number of hydrogen-bond donors (Lipinski definition) is 1. The summed E-state index contributed by atoms with van der Waals surface area (Å²) < 4.78 is 26.1. The van der Waals surface area contributed by atoms with Gasteiger partial charge in [-0.3, -0.25) is 4.79 Å². The van der Waals surface area contributed by atoms with Crippen molar-refractivity contribution in [3.8, 4) is 0 Å². The Morgan fingerprint density at radius 3 is 2.38 bits per heavy atom. The molecule has 1 aliphatic rings. The van der Waals surface area contributed by atoms with Crippen LogP contribution in [0.25, 0.3) is 0 Å². The number of likely N-dealkylation sites (tertiary alicyclic amines) is 1. The van der Waals surface area contributed by atoms with Crippen LogP contribution in [0.1, 0.15) is 19.8 Å². The smallest absolute Gasteiger partial charge is 0.243 e. The number of benzene rings is 1. The van der Waals surface area contributed by atoms with Crippen LogP contribution in [0.15, 0.2) is 29.2 Å². The van der Waals surface area contributed by atoms with Crippen molar-refractivity contribution in [1.82, 2.24) is 9.21 Å². The molecule has 0 saturated carbocycles. The standard InChI is InChI=1S/C16H24ClN3O3S/c1-12(18)13-7-9-20(10-8-13)16(21)11-19(2)24(22,23)15-5-3-14(17)4-6-15/h3-6,12-13H,7-11,18H2,1-2H3. The molecule has 2 rings (SSSR count). The maximum atomic E-state index is 12.5. The normalized spacial score (nSPS) is 18.0. The van der Waals surface area contributed by atoms with Crippen LogP contribution >= 0.6 is 11.6 Å². The van der Waals surface area contributed by atoms with Gasteiger partial charge in [0.15, 0.2) is 0 Å². The Labute approximate surface area is 148 Å². The van der Waals surface area contributed by atoms with Gasteiger partial charge in [0.2, 0.25) is 15.9 Å². The average molecular weight is 374 g/mol. The molecule has 0 radical (unpaired) electrons. The number of carbonyl (C=O) groups excluding carboxylic acids is 1. The van der Waals surface area contributed by atoms with Crippen LogP contribution in [0.5, 0.6) is 0 Å². The monoisotopic (exact) mass is 373 g/mol. The zero-order valence-electron chi connectivity index (χ0n) is 14.0. The number of halogens is 1. The number of piperidine rings is 1. The summed E-state index contributed by atoms with van der Waals surface area (Å²) in [4.78, 5) is 14.2. The molecule has 134 valence electrons. The maximum Gasteiger partial charge on any atom is 0.243 e. The molecule has 0 aromatic heterocycles. The van der Waals surface area contributed by atoms with E-state index in [4.69, 9.17) is 17.3 Å². The van der Waals surface area contributed by atoms with Crippen LogP contribution in [0.3, 0.4) is 0 Å². The van der Waals surface area contributed by atoms with Gasteiger partial charge in [-0.05, 0) is 49.9 Å². The van der Waals surface area contributed by atoms with Crippen LogP contribution in [-0.2, 0) is 14.8 Å². The highest BCUT2D eigenvalue weighted by Gasteiger charge is 2.28. The van der Waals surface area contributed by atoms with Crippen LogP contribution < -0.4 is 5.73 Å². The molecule has 1 heterocycles. The summed E-state index contributed by atoms with van der Waals surface area (Å²) >= 11 is 5.78. The lowest BCUT2D eigenvalue weighted by Crippen LogP contribution is -2.46. The average Bonchev–Trinajstić information content (AvgIpc) is 2.55. The lowest BCUT2D eigenvalue weighted by molar-refractivity contribution is -0.132. The van der Waals surface area contributed by atoms with E-state index in [0.717, 1.165) is 17.1 Å². The minimum absolute atomic E-state index is 0.121. The van der Waals surface area contributed by atoms with Crippen molar-refractivity contribution >= 4 is 27.5 Å². The van der Waals surface area contributed by atoms with E-state index >= 15 is 0 Å². The number of hydrogen-bond acceptors (Lipinski definition) is 4. The number of amides is 1. The molecule has 1 atom stereocenters. The molecule has 1 aromatic rings. The quantitative estimate of drug-likeness (QED) is 0.848. The highest BCUT2D eigenvalue weighted by atomic mass is 35.5. The second-order valence-corrected chi connectivity index (χ2v) is 8.77. The van der Waals surface area contributed by atoms with Gasteiger partial charge in [-0.1, -0.05) is 11.6 Å². The molecule has 2 N–H and O–H groups in total. The Bertz CT molecular complexity index is 668. The Kier molecular flexibility index (Phi) is 6.25. The lowest BCUT2D eigenvalue weighted by Gasteiger charge is -2.34. The predicted octanol–water partition coefficient (Wildman–Crippen LogP) is 1.55. The van der Waals surface area contributed by atoms with Gasteiger partial charge >= 0.3 is 0 Å². The van der Waals surface area contributed by atoms with E-state index in [1.165, 1.54) is 31.3 Å². The van der Waals surface area contributed by atoms with E-state index in [1.807, 2.05) is 6.92 Å². The molecular weight excluding hydrogens is 350 g/mol. The van der Waals surface area contributed by atoms with Crippen molar-refractivity contribution in [2.45, 2.75) is 30.7 Å². The van der Waals surface area contributed by atoms with E-state index in [9.17, 15) is 13.2 Å². The second-order valence-electron chi connectivity index (χ2n) is 6.29. The van der Waals surface area contributed by atoms with Gasteiger partial charge in [0, 0.05) is 31.2 Å². The second kappa shape index (κ2) is 7.82. The van der Waals surface area contributed by atoms with Crippen molar-refractivity contribution in [2.75, 3.05) is 26.7 Å². The van der Waals surface area contributed by atoms with Gasteiger partial charge in [0.25, 0.3) is 0 Å². The molecule has 24 heavy (non-hydrogen) atoms. The first-order chi connectivity index (χ1) is 11.2. The number of carbonyl (C=O) groups is 1. The first kappa shape index (κ1) is 19.2. The van der Waals surface area contributed by atoms with Gasteiger partial charge in [0.05, 0.1) is 11.4 Å². The minimum Gasteiger partial charge on any atom is -0.342 e. The minimum atomic E-state index is -3.71. The third-order valence-corrected chi connectivity index (χ3v) is 6.59. The largest absolute Gasteiger partial charge is 0.342 e. The molecule has 6 nitrogen and oxygen atoms in total. The van der Waals surface area contributed by atoms with E-state index in [-0.39, 0.29) is 23.4 Å². The number of likely N-dealkylation sites (N-methyl/N-ethyl adjacent to an activating group) is 1. The maximum absolute atomic E-state index is 12.5. The first-order valence-electron chi connectivity index (χ1n) is 7.97. The molecule has 1 unspecified atom stereocenters. The number of nitrogens with two attached hydrogens (primary N) is 1. The molecule has 0 spiro atoms. The van der Waals surface area contributed by atoms with Crippen molar-refractivity contribution in [3.05, 3.63) is 29.3 Å². The summed E-state index contributed by atoms with van der Waals surface area (Å²) in [5, 5.41) is 0.463. The van der Waals surface area contributed by atoms with E-state index in [1.54, 1.807) is 4.90 Å². The number of sulfonamides is 1. The summed E-state index contributed by atoms with van der Waals surface area (Å²) in [6.07, 6.45) is 1.72. The van der Waals surface area contributed by atoms with Crippen molar-refractivity contribution < 1.29 is 13.2 Å². The summed E-state index contributed by atoms with van der Waals surface area (Å²) in [5.74, 6) is 0.239. The molecule has 1 fully saturated rings. The third kappa shape index (κ3) is 4.47. The predicted molar refractivity (Wildman–Crippen MR) is 94.2 cm³/mol. The van der Waals surface area contributed by atoms with Crippen molar-refractivity contribution in [3.63, 3.8) is 0 Å². The number of rotatable bonds is 5. The zero-order chi connectivity index (χ0) is 17.9. The Hall–Kier alpha value is -1.15. The van der Waals surface area contributed by atoms with Gasteiger partial charge in [-0.15, -0.1) is 0 Å². The first-order valence-corrected chi connectivity index (χ1v) is 9.79. The number of nitrogens with zero attached hydrogens (tertiary/aromatic N) is 2. The lowest BCUT2D eigenvalue weighted by atomic mass is 9.91. The molecule has 1 aromatic carbocycles. The van der Waals surface area contributed by atoms with Crippen LogP contribution in [0.2, 0.25) is 5.02 Å². The molecule has 1 aliphatic heterocycles. The highest BCUT2D eigenvalue weighted by Crippen LogP contribution is 2.21. The van der Waals surface area contributed by atoms with Gasteiger partial charge in [-0.25, -0.2) is 8.42 Å². The fourth-order valence-electron chi connectivity index (χ4n) is 2.84. The Morgan fingerprint density at radius 2 is 1.88 bits per heavy atom. The van der Waals surface area contributed by atoms with E-state index in [0.29, 0.717) is 24.0 Å². The topological polar surface area (TPSA) is 83.7 Å². The van der Waals surface area contributed by atoms with E-state index in [2.05, 4.69) is 0 Å². The highest BCUT2D eigenvalue weighted by molar-refractivity contribution is 7.89. The van der Waals surface area contributed by atoms with Crippen molar-refractivity contribution in [1.29, 1.82) is 0 Å². The molecule has 0 aliphatic carbocycles. The summed E-state index contributed by atoms with van der Waals surface area (Å²) in [6, 6.07) is 6.03. The van der Waals surface area contributed by atoms with Crippen molar-refractivity contribution in [2.24, 2.45) is 11.7 Å². The van der Waals surface area contributed by atoms with Crippen LogP contribution in [0.4, 0.5) is 0 Å². The SMILES string of the molecule is CC(N)C1CCN(C(=O)CN(C)S(=O)(=O)c2ccc(Cl)cc2)CC1. The van der Waals surface area contributed by atoms with Crippen LogP contribution in [-0.4, -0.2) is 56.3 Å². The molecule has 1 amide bonds. The van der Waals surface area contributed by atoms with Gasteiger partial charge in [-0.2, -0.15) is 4.31 Å². The third-order valence-electron chi connectivity index (χ3n) is 4.52. The van der Waals surface area contributed by atoms with Gasteiger partial charge < -0.3 is 10.6 Å². The summed E-state index contributed by atoms with van der Waals surface area (Å²) in [5.41, 5.74) is 5.90. The summed E-state index contributed by atoms with van der Waals surface area (Å²) in [7, 11) is -2.29. The molecule has 8 heteroatoms. The van der Waals surface area contributed by atoms with E-state index < -0.39 is 10.0 Å². The fourth-order valence-corrected chi connectivity index (χ4v) is 4.08. The Morgan fingerprint density at radius 1 is 1.33 bits per heavy atom. The Balaban J connectivity index is 1.97. The molecule has 0 bridgehead atoms. The summed E-state index contributed by atoms with van der Waals surface area (Å²) in [6.45, 7) is 3.06. The molecule has 1 saturated heterocycles.